The molecule has 25 heavy (non-hydrogen) atoms. The third kappa shape index (κ3) is 3.41. The molecule has 1 aromatic carbocycles. The molecule has 1 aliphatic rings. The van der Waals surface area contributed by atoms with Gasteiger partial charge in [-0.3, -0.25) is 4.79 Å². The minimum absolute atomic E-state index is 0.0761. The molecule has 1 aromatic heterocycles. The van der Waals surface area contributed by atoms with E-state index in [0.29, 0.717) is 30.3 Å². The molecule has 0 radical (unpaired) electrons. The number of nitrogens with one attached hydrogen (secondary N) is 1. The second-order valence-corrected chi connectivity index (χ2v) is 6.58. The Balaban J connectivity index is 1.82. The van der Waals surface area contributed by atoms with Gasteiger partial charge in [0, 0.05) is 12.3 Å². The molecule has 2 N–H and O–H groups in total. The molecule has 3 rings (SSSR count). The number of ether oxygens (including phenoxy) is 1. The van der Waals surface area contributed by atoms with Crippen LogP contribution in [0.4, 0.5) is 5.69 Å². The fourth-order valence-electron chi connectivity index (χ4n) is 2.99. The SMILES string of the molecule is Cc1c(C(=O)O)cnn1-c1cccc(NC(=O)C2(C)CCCOC2)c1. The van der Waals surface area contributed by atoms with Crippen molar-refractivity contribution < 1.29 is 19.4 Å². The third-order valence-corrected chi connectivity index (χ3v) is 4.57. The minimum atomic E-state index is -1.02. The molecule has 2 aromatic rings. The number of amides is 1. The zero-order valence-electron chi connectivity index (χ0n) is 14.3. The summed E-state index contributed by atoms with van der Waals surface area (Å²) in [5, 5.41) is 16.2. The van der Waals surface area contributed by atoms with Crippen molar-refractivity contribution in [3.05, 3.63) is 41.7 Å². The van der Waals surface area contributed by atoms with Crippen LogP contribution in [0.3, 0.4) is 0 Å². The number of nitrogens with zero attached hydrogens (tertiary/aromatic N) is 2. The van der Waals surface area contributed by atoms with Gasteiger partial charge >= 0.3 is 5.97 Å². The van der Waals surface area contributed by atoms with Gasteiger partial charge in [-0.1, -0.05) is 6.07 Å². The van der Waals surface area contributed by atoms with E-state index in [-0.39, 0.29) is 11.5 Å². The molecule has 1 saturated heterocycles. The van der Waals surface area contributed by atoms with Gasteiger partial charge in [-0.15, -0.1) is 0 Å². The molecule has 7 heteroatoms. The monoisotopic (exact) mass is 343 g/mol. The Bertz CT molecular complexity index is 806. The van der Waals surface area contributed by atoms with Gasteiger partial charge < -0.3 is 15.2 Å². The predicted octanol–water partition coefficient (Wildman–Crippen LogP) is 2.63. The van der Waals surface area contributed by atoms with Crippen LogP contribution in [0.25, 0.3) is 5.69 Å². The Morgan fingerprint density at radius 3 is 2.84 bits per heavy atom. The lowest BCUT2D eigenvalue weighted by atomic mass is 9.84. The van der Waals surface area contributed by atoms with Crippen LogP contribution >= 0.6 is 0 Å². The van der Waals surface area contributed by atoms with Gasteiger partial charge in [0.25, 0.3) is 0 Å². The zero-order valence-corrected chi connectivity index (χ0v) is 14.3. The molecule has 0 spiro atoms. The maximum Gasteiger partial charge on any atom is 0.339 e. The van der Waals surface area contributed by atoms with Crippen molar-refractivity contribution in [2.75, 3.05) is 18.5 Å². The van der Waals surface area contributed by atoms with E-state index in [0.717, 1.165) is 12.8 Å². The summed E-state index contributed by atoms with van der Waals surface area (Å²) >= 11 is 0. The first-order valence-electron chi connectivity index (χ1n) is 8.18. The molecule has 1 atom stereocenters. The van der Waals surface area contributed by atoms with E-state index < -0.39 is 11.4 Å². The summed E-state index contributed by atoms with van der Waals surface area (Å²) in [5.41, 5.74) is 1.48. The molecule has 0 saturated carbocycles. The van der Waals surface area contributed by atoms with E-state index in [9.17, 15) is 9.59 Å². The van der Waals surface area contributed by atoms with Gasteiger partial charge in [0.1, 0.15) is 5.56 Å². The second kappa shape index (κ2) is 6.68. The summed E-state index contributed by atoms with van der Waals surface area (Å²) in [5.74, 6) is -1.09. The topological polar surface area (TPSA) is 93.5 Å². The van der Waals surface area contributed by atoms with Crippen molar-refractivity contribution in [2.45, 2.75) is 26.7 Å². The Hall–Kier alpha value is -2.67. The summed E-state index contributed by atoms with van der Waals surface area (Å²) < 4.78 is 6.99. The highest BCUT2D eigenvalue weighted by atomic mass is 16.5. The van der Waals surface area contributed by atoms with E-state index in [4.69, 9.17) is 9.84 Å². The second-order valence-electron chi connectivity index (χ2n) is 6.58. The molecule has 1 unspecified atom stereocenters. The highest BCUT2D eigenvalue weighted by Gasteiger charge is 2.35. The summed E-state index contributed by atoms with van der Waals surface area (Å²) in [6, 6.07) is 7.18. The Morgan fingerprint density at radius 1 is 1.40 bits per heavy atom. The number of hydrogen-bond acceptors (Lipinski definition) is 4. The molecule has 0 aliphatic carbocycles. The first-order valence-corrected chi connectivity index (χ1v) is 8.18. The molecule has 0 bridgehead atoms. The number of aromatic nitrogens is 2. The fourth-order valence-corrected chi connectivity index (χ4v) is 2.99. The maximum atomic E-state index is 12.6. The molecular weight excluding hydrogens is 322 g/mol. The summed E-state index contributed by atoms with van der Waals surface area (Å²) in [6.45, 7) is 4.71. The molecule has 1 amide bonds. The van der Waals surface area contributed by atoms with Crippen LogP contribution in [0, 0.1) is 12.3 Å². The smallest absolute Gasteiger partial charge is 0.339 e. The standard InChI is InChI=1S/C18H21N3O4/c1-12-15(16(22)23)10-19-21(12)14-6-3-5-13(9-14)20-17(24)18(2)7-4-8-25-11-18/h3,5-6,9-10H,4,7-8,11H2,1-2H3,(H,20,24)(H,22,23). The summed E-state index contributed by atoms with van der Waals surface area (Å²) in [4.78, 5) is 23.8. The van der Waals surface area contributed by atoms with Gasteiger partial charge in [-0.05, 0) is 44.9 Å². The Labute approximate surface area is 145 Å². The molecule has 2 heterocycles. The Kier molecular flexibility index (Phi) is 4.59. The van der Waals surface area contributed by atoms with Crippen molar-refractivity contribution in [1.82, 2.24) is 9.78 Å². The van der Waals surface area contributed by atoms with Gasteiger partial charge in [0.05, 0.1) is 29.6 Å². The van der Waals surface area contributed by atoms with Crippen molar-refractivity contribution in [3.8, 4) is 5.69 Å². The van der Waals surface area contributed by atoms with Crippen LogP contribution in [0.15, 0.2) is 30.5 Å². The van der Waals surface area contributed by atoms with Crippen molar-refractivity contribution in [1.29, 1.82) is 0 Å². The summed E-state index contributed by atoms with van der Waals surface area (Å²) in [6.07, 6.45) is 2.98. The molecule has 1 fully saturated rings. The maximum absolute atomic E-state index is 12.6. The van der Waals surface area contributed by atoms with Crippen LogP contribution in [-0.4, -0.2) is 40.0 Å². The normalized spacial score (nSPS) is 20.2. The van der Waals surface area contributed by atoms with Gasteiger partial charge in [0.2, 0.25) is 5.91 Å². The number of benzene rings is 1. The van der Waals surface area contributed by atoms with Crippen LogP contribution in [0.5, 0.6) is 0 Å². The third-order valence-electron chi connectivity index (χ3n) is 4.57. The van der Waals surface area contributed by atoms with E-state index in [2.05, 4.69) is 10.4 Å². The van der Waals surface area contributed by atoms with E-state index >= 15 is 0 Å². The zero-order chi connectivity index (χ0) is 18.0. The number of carbonyl (C=O) groups is 2. The van der Waals surface area contributed by atoms with E-state index in [1.807, 2.05) is 13.0 Å². The number of carboxylic acid groups (broad SMARTS) is 1. The quantitative estimate of drug-likeness (QED) is 0.890. The highest BCUT2D eigenvalue weighted by Crippen LogP contribution is 2.29. The average Bonchev–Trinajstić information content (AvgIpc) is 2.97. The number of carboxylic acids is 1. The van der Waals surface area contributed by atoms with Crippen LogP contribution in [-0.2, 0) is 9.53 Å². The van der Waals surface area contributed by atoms with Gasteiger partial charge in [0.15, 0.2) is 0 Å². The molecule has 132 valence electrons. The average molecular weight is 343 g/mol. The first kappa shape index (κ1) is 17.2. The van der Waals surface area contributed by atoms with Crippen LogP contribution in [0.1, 0.15) is 35.8 Å². The van der Waals surface area contributed by atoms with Gasteiger partial charge in [-0.25, -0.2) is 9.48 Å². The summed E-state index contributed by atoms with van der Waals surface area (Å²) in [7, 11) is 0. The van der Waals surface area contributed by atoms with Crippen LogP contribution in [0.2, 0.25) is 0 Å². The lowest BCUT2D eigenvalue weighted by Crippen LogP contribution is -2.40. The van der Waals surface area contributed by atoms with E-state index in [1.165, 1.54) is 6.20 Å². The number of carbonyl (C=O) groups excluding carboxylic acids is 1. The Morgan fingerprint density at radius 2 is 2.20 bits per heavy atom. The largest absolute Gasteiger partial charge is 0.478 e. The molecule has 1 aliphatic heterocycles. The van der Waals surface area contributed by atoms with Crippen molar-refractivity contribution >= 4 is 17.6 Å². The van der Waals surface area contributed by atoms with E-state index in [1.54, 1.807) is 29.8 Å². The van der Waals surface area contributed by atoms with Gasteiger partial charge in [-0.2, -0.15) is 5.10 Å². The minimum Gasteiger partial charge on any atom is -0.478 e. The van der Waals surface area contributed by atoms with Crippen LogP contribution < -0.4 is 5.32 Å². The fraction of sp³-hybridized carbons (Fsp3) is 0.389. The number of aromatic carboxylic acids is 1. The van der Waals surface area contributed by atoms with Crippen molar-refractivity contribution in [3.63, 3.8) is 0 Å². The molecular formula is C18H21N3O4. The lowest BCUT2D eigenvalue weighted by molar-refractivity contribution is -0.131. The number of hydrogen-bond donors (Lipinski definition) is 2. The first-order chi connectivity index (χ1) is 11.9. The lowest BCUT2D eigenvalue weighted by Gasteiger charge is -2.31. The highest BCUT2D eigenvalue weighted by molar-refractivity contribution is 5.95. The molecule has 7 nitrogen and oxygen atoms in total. The predicted molar refractivity (Wildman–Crippen MR) is 92.1 cm³/mol. The number of rotatable bonds is 4. The number of anilines is 1. The van der Waals surface area contributed by atoms with Crippen molar-refractivity contribution in [2.24, 2.45) is 5.41 Å².